The second-order valence-corrected chi connectivity index (χ2v) is 6.62. The summed E-state index contributed by atoms with van der Waals surface area (Å²) in [4.78, 5) is 2.17. The van der Waals surface area contributed by atoms with Crippen molar-refractivity contribution in [3.05, 3.63) is 48.4 Å². The van der Waals surface area contributed by atoms with E-state index < -0.39 is 0 Å². The number of thiocarbonyl (C=S) groups is 1. The first-order valence-electron chi connectivity index (χ1n) is 8.26. The quantitative estimate of drug-likeness (QED) is 0.707. The summed E-state index contributed by atoms with van der Waals surface area (Å²) in [7, 11) is 1.66. The maximum atomic E-state index is 5.67. The molecule has 1 heterocycles. The third-order valence-electron chi connectivity index (χ3n) is 3.95. The van der Waals surface area contributed by atoms with Crippen LogP contribution in [0.1, 0.15) is 39.0 Å². The minimum absolute atomic E-state index is 0.0735. The van der Waals surface area contributed by atoms with E-state index >= 15 is 0 Å². The Kier molecular flexibility index (Phi) is 6.67. The molecule has 1 unspecified atom stereocenters. The maximum Gasteiger partial charge on any atom is 0.174 e. The highest BCUT2D eigenvalue weighted by molar-refractivity contribution is 7.80. The highest BCUT2D eigenvalue weighted by atomic mass is 32.1. The summed E-state index contributed by atoms with van der Waals surface area (Å²) < 4.78 is 10.8. The first-order chi connectivity index (χ1) is 11.5. The van der Waals surface area contributed by atoms with E-state index in [1.807, 2.05) is 36.4 Å². The third-order valence-corrected chi connectivity index (χ3v) is 4.29. The first kappa shape index (κ1) is 18.3. The number of furan rings is 1. The van der Waals surface area contributed by atoms with Gasteiger partial charge in [-0.3, -0.25) is 0 Å². The molecule has 2 rings (SSSR count). The van der Waals surface area contributed by atoms with Crippen LogP contribution < -0.4 is 10.1 Å². The predicted molar refractivity (Wildman–Crippen MR) is 102 cm³/mol. The second kappa shape index (κ2) is 8.73. The summed E-state index contributed by atoms with van der Waals surface area (Å²) in [6.45, 7) is 7.41. The van der Waals surface area contributed by atoms with Crippen molar-refractivity contribution < 1.29 is 9.15 Å². The number of anilines is 1. The zero-order valence-corrected chi connectivity index (χ0v) is 15.6. The molecule has 1 aromatic heterocycles. The van der Waals surface area contributed by atoms with Gasteiger partial charge < -0.3 is 19.4 Å². The first-order valence-corrected chi connectivity index (χ1v) is 8.67. The molecule has 1 aromatic carbocycles. The Hall–Kier alpha value is -2.01. The van der Waals surface area contributed by atoms with E-state index in [9.17, 15) is 0 Å². The number of methoxy groups -OCH3 is 1. The van der Waals surface area contributed by atoms with Crippen molar-refractivity contribution in [3.63, 3.8) is 0 Å². The van der Waals surface area contributed by atoms with Gasteiger partial charge >= 0.3 is 0 Å². The Morgan fingerprint density at radius 2 is 2.04 bits per heavy atom. The van der Waals surface area contributed by atoms with E-state index in [0.717, 1.165) is 30.2 Å². The van der Waals surface area contributed by atoms with Gasteiger partial charge in [0.05, 0.1) is 19.4 Å². The summed E-state index contributed by atoms with van der Waals surface area (Å²) in [5.74, 6) is 2.32. The van der Waals surface area contributed by atoms with Crippen molar-refractivity contribution in [1.82, 2.24) is 4.90 Å². The van der Waals surface area contributed by atoms with E-state index in [0.29, 0.717) is 11.0 Å². The Bertz CT molecular complexity index is 641. The topological polar surface area (TPSA) is 37.6 Å². The number of nitrogens with one attached hydrogen (secondary N) is 1. The monoisotopic (exact) mass is 346 g/mol. The van der Waals surface area contributed by atoms with Gasteiger partial charge in [-0.05, 0) is 55.7 Å². The van der Waals surface area contributed by atoms with Gasteiger partial charge in [-0.25, -0.2) is 0 Å². The van der Waals surface area contributed by atoms with Gasteiger partial charge in [-0.1, -0.05) is 19.9 Å². The van der Waals surface area contributed by atoms with Gasteiger partial charge in [0.25, 0.3) is 0 Å². The second-order valence-electron chi connectivity index (χ2n) is 6.23. The lowest BCUT2D eigenvalue weighted by atomic mass is 10.1. The van der Waals surface area contributed by atoms with Crippen molar-refractivity contribution in [2.24, 2.45) is 5.92 Å². The molecule has 0 fully saturated rings. The number of hydrogen-bond donors (Lipinski definition) is 1. The number of benzene rings is 1. The molecule has 2 aromatic rings. The van der Waals surface area contributed by atoms with Gasteiger partial charge in [0, 0.05) is 18.3 Å². The lowest BCUT2D eigenvalue weighted by molar-refractivity contribution is 0.281. The molecule has 1 atom stereocenters. The van der Waals surface area contributed by atoms with Crippen LogP contribution in [0, 0.1) is 5.92 Å². The molecule has 5 heteroatoms. The van der Waals surface area contributed by atoms with Crippen LogP contribution >= 0.6 is 12.2 Å². The minimum Gasteiger partial charge on any atom is -0.497 e. The zero-order chi connectivity index (χ0) is 17.5. The van der Waals surface area contributed by atoms with E-state index in [1.165, 1.54) is 0 Å². The molecule has 130 valence electrons. The molecule has 0 aliphatic heterocycles. The summed E-state index contributed by atoms with van der Waals surface area (Å²) >= 11 is 5.67. The highest BCUT2D eigenvalue weighted by Gasteiger charge is 2.21. The largest absolute Gasteiger partial charge is 0.497 e. The molecule has 24 heavy (non-hydrogen) atoms. The zero-order valence-electron chi connectivity index (χ0n) is 14.8. The van der Waals surface area contributed by atoms with Crippen LogP contribution in [0.25, 0.3) is 0 Å². The van der Waals surface area contributed by atoms with Crippen LogP contribution in [0.15, 0.2) is 47.1 Å². The number of hydrogen-bond acceptors (Lipinski definition) is 3. The van der Waals surface area contributed by atoms with E-state index in [4.69, 9.17) is 21.4 Å². The average Bonchev–Trinajstić information content (AvgIpc) is 3.09. The summed E-state index contributed by atoms with van der Waals surface area (Å²) in [6.07, 6.45) is 2.76. The van der Waals surface area contributed by atoms with Gasteiger partial charge in [0.15, 0.2) is 5.11 Å². The van der Waals surface area contributed by atoms with Gasteiger partial charge in [-0.2, -0.15) is 0 Å². The molecule has 0 radical (unpaired) electrons. The number of nitrogens with zero attached hydrogens (tertiary/aromatic N) is 1. The van der Waals surface area contributed by atoms with Crippen molar-refractivity contribution in [3.8, 4) is 5.75 Å². The predicted octanol–water partition coefficient (Wildman–Crippen LogP) is 5.09. The van der Waals surface area contributed by atoms with E-state index in [2.05, 4.69) is 31.0 Å². The Balaban J connectivity index is 2.13. The molecule has 0 bridgehead atoms. The van der Waals surface area contributed by atoms with Crippen LogP contribution in [0.2, 0.25) is 0 Å². The standard InChI is InChI=1S/C19H26N2O2S/c1-14(2)10-11-21(15(3)18-9-6-12-23-18)19(24)20-16-7-5-8-17(13-16)22-4/h5-9,12-15H,10-11H2,1-4H3,(H,20,24). The molecule has 0 saturated carbocycles. The minimum atomic E-state index is 0.0735. The SMILES string of the molecule is COc1cccc(NC(=S)N(CCC(C)C)C(C)c2ccco2)c1. The van der Waals surface area contributed by atoms with Crippen LogP contribution in [-0.4, -0.2) is 23.7 Å². The summed E-state index contributed by atoms with van der Waals surface area (Å²) in [5.41, 5.74) is 0.917. The van der Waals surface area contributed by atoms with E-state index in [1.54, 1.807) is 13.4 Å². The molecular formula is C19H26N2O2S. The lowest BCUT2D eigenvalue weighted by Gasteiger charge is -2.31. The third kappa shape index (κ3) is 4.99. The molecule has 0 aliphatic carbocycles. The molecule has 0 amide bonds. The lowest BCUT2D eigenvalue weighted by Crippen LogP contribution is -2.38. The Labute approximate surface area is 149 Å². The molecule has 1 N–H and O–H groups in total. The maximum absolute atomic E-state index is 5.67. The summed E-state index contributed by atoms with van der Waals surface area (Å²) in [5, 5.41) is 4.01. The van der Waals surface area contributed by atoms with Crippen molar-refractivity contribution in [1.29, 1.82) is 0 Å². The molecule has 0 spiro atoms. The van der Waals surface area contributed by atoms with Crippen molar-refractivity contribution in [2.45, 2.75) is 33.2 Å². The fraction of sp³-hybridized carbons (Fsp3) is 0.421. The van der Waals surface area contributed by atoms with Crippen molar-refractivity contribution in [2.75, 3.05) is 19.0 Å². The Morgan fingerprint density at radius 1 is 1.25 bits per heavy atom. The van der Waals surface area contributed by atoms with Gasteiger partial charge in [-0.15, -0.1) is 0 Å². The fourth-order valence-corrected chi connectivity index (χ4v) is 2.81. The van der Waals surface area contributed by atoms with Crippen LogP contribution in [0.5, 0.6) is 5.75 Å². The molecule has 4 nitrogen and oxygen atoms in total. The number of rotatable bonds is 7. The van der Waals surface area contributed by atoms with Gasteiger partial charge in [0.2, 0.25) is 0 Å². The van der Waals surface area contributed by atoms with Crippen molar-refractivity contribution >= 4 is 23.0 Å². The van der Waals surface area contributed by atoms with Crippen LogP contribution in [0.4, 0.5) is 5.69 Å². The summed E-state index contributed by atoms with van der Waals surface area (Å²) in [6, 6.07) is 11.7. The molecular weight excluding hydrogens is 320 g/mol. The van der Waals surface area contributed by atoms with Crippen LogP contribution in [0.3, 0.4) is 0 Å². The average molecular weight is 346 g/mol. The number of ether oxygens (including phenoxy) is 1. The van der Waals surface area contributed by atoms with E-state index in [-0.39, 0.29) is 6.04 Å². The van der Waals surface area contributed by atoms with Crippen LogP contribution in [-0.2, 0) is 0 Å². The highest BCUT2D eigenvalue weighted by Crippen LogP contribution is 2.24. The molecule has 0 aliphatic rings. The smallest absolute Gasteiger partial charge is 0.174 e. The Morgan fingerprint density at radius 3 is 2.67 bits per heavy atom. The fourth-order valence-electron chi connectivity index (χ4n) is 2.45. The van der Waals surface area contributed by atoms with Gasteiger partial charge in [0.1, 0.15) is 11.5 Å². The normalized spacial score (nSPS) is 12.0. The molecule has 0 saturated heterocycles.